The zero-order chi connectivity index (χ0) is 8.10. The molecule has 0 amide bonds. The molecule has 2 N–H and O–H groups in total. The van der Waals surface area contributed by atoms with Gasteiger partial charge in [0.15, 0.2) is 0 Å². The van der Waals surface area contributed by atoms with Crippen molar-refractivity contribution in [2.75, 3.05) is 12.8 Å². The molecule has 0 aliphatic heterocycles. The number of likely N-dealkylation sites (N-methyl/N-ethyl adjacent to an activating group) is 1. The van der Waals surface area contributed by atoms with Gasteiger partial charge in [0.25, 0.3) is 0 Å². The average molecular weight is 171 g/mol. The molecule has 0 aliphatic rings. The first kappa shape index (κ1) is 8.62. The van der Waals surface area contributed by atoms with E-state index < -0.39 is 0 Å². The van der Waals surface area contributed by atoms with Gasteiger partial charge in [0, 0.05) is 30.1 Å². The fourth-order valence-electron chi connectivity index (χ4n) is 0.920. The third-order valence-corrected chi connectivity index (χ3v) is 2.09. The number of hydrogen-bond donors (Lipinski definition) is 3. The van der Waals surface area contributed by atoms with Crippen LogP contribution in [0.4, 0.5) is 0 Å². The van der Waals surface area contributed by atoms with Crippen LogP contribution in [0.1, 0.15) is 5.69 Å². The predicted molar refractivity (Wildman–Crippen MR) is 49.0 cm³/mol. The van der Waals surface area contributed by atoms with Crippen LogP contribution in [0.25, 0.3) is 0 Å². The number of imidazole rings is 1. The van der Waals surface area contributed by atoms with Crippen molar-refractivity contribution in [2.45, 2.75) is 12.5 Å². The van der Waals surface area contributed by atoms with Crippen LogP contribution >= 0.6 is 12.6 Å². The summed E-state index contributed by atoms with van der Waals surface area (Å²) in [5.41, 5.74) is 1.15. The Morgan fingerprint density at radius 2 is 2.64 bits per heavy atom. The van der Waals surface area contributed by atoms with E-state index in [4.69, 9.17) is 0 Å². The predicted octanol–water partition coefficient (Wildman–Crippen LogP) is 0.470. The molecule has 3 nitrogen and oxygen atoms in total. The van der Waals surface area contributed by atoms with Gasteiger partial charge >= 0.3 is 0 Å². The van der Waals surface area contributed by atoms with Crippen molar-refractivity contribution in [3.63, 3.8) is 0 Å². The minimum atomic E-state index is 0.429. The molecule has 1 heterocycles. The molecule has 0 aliphatic carbocycles. The van der Waals surface area contributed by atoms with Crippen LogP contribution in [0.5, 0.6) is 0 Å². The Morgan fingerprint density at radius 3 is 3.09 bits per heavy atom. The van der Waals surface area contributed by atoms with E-state index in [9.17, 15) is 0 Å². The molecule has 1 aromatic rings. The first-order valence-electron chi connectivity index (χ1n) is 3.62. The lowest BCUT2D eigenvalue weighted by Gasteiger charge is -2.10. The Kier molecular flexibility index (Phi) is 3.45. The molecule has 0 spiro atoms. The number of rotatable bonds is 4. The van der Waals surface area contributed by atoms with Crippen LogP contribution in [0, 0.1) is 0 Å². The molecule has 0 fully saturated rings. The molecule has 0 bridgehead atoms. The fourth-order valence-corrected chi connectivity index (χ4v) is 1.23. The number of aromatic nitrogens is 2. The van der Waals surface area contributed by atoms with Crippen molar-refractivity contribution < 1.29 is 0 Å². The molecule has 62 valence electrons. The van der Waals surface area contributed by atoms with Crippen molar-refractivity contribution in [3.8, 4) is 0 Å². The van der Waals surface area contributed by atoms with Crippen LogP contribution in [-0.2, 0) is 6.42 Å². The highest BCUT2D eigenvalue weighted by Crippen LogP contribution is 1.98. The highest BCUT2D eigenvalue weighted by atomic mass is 32.1. The fraction of sp³-hybridized carbons (Fsp3) is 0.571. The van der Waals surface area contributed by atoms with Gasteiger partial charge in [0.05, 0.1) is 6.33 Å². The topological polar surface area (TPSA) is 40.7 Å². The van der Waals surface area contributed by atoms with Gasteiger partial charge in [-0.05, 0) is 7.05 Å². The lowest BCUT2D eigenvalue weighted by molar-refractivity contribution is 0.612. The maximum Gasteiger partial charge on any atom is 0.0921 e. The van der Waals surface area contributed by atoms with E-state index in [2.05, 4.69) is 27.9 Å². The molecule has 0 radical (unpaired) electrons. The molecule has 4 heteroatoms. The number of H-pyrrole nitrogens is 1. The number of nitrogens with one attached hydrogen (secondary N) is 2. The molecule has 0 saturated heterocycles. The van der Waals surface area contributed by atoms with Crippen LogP contribution in [0.2, 0.25) is 0 Å². The third-order valence-electron chi connectivity index (χ3n) is 1.65. The van der Waals surface area contributed by atoms with Crippen molar-refractivity contribution in [1.82, 2.24) is 15.3 Å². The lowest BCUT2D eigenvalue weighted by atomic mass is 10.2. The molecule has 0 saturated carbocycles. The first-order chi connectivity index (χ1) is 5.36. The smallest absolute Gasteiger partial charge is 0.0921 e. The van der Waals surface area contributed by atoms with Crippen LogP contribution < -0.4 is 5.32 Å². The summed E-state index contributed by atoms with van der Waals surface area (Å²) >= 11 is 4.21. The Balaban J connectivity index is 2.41. The summed E-state index contributed by atoms with van der Waals surface area (Å²) in [5, 5.41) is 3.17. The Hall–Kier alpha value is -0.480. The average Bonchev–Trinajstić information content (AvgIpc) is 2.52. The zero-order valence-electron chi connectivity index (χ0n) is 6.54. The summed E-state index contributed by atoms with van der Waals surface area (Å²) in [6.07, 6.45) is 4.49. The Morgan fingerprint density at radius 1 is 1.82 bits per heavy atom. The molecule has 1 rings (SSSR count). The van der Waals surface area contributed by atoms with Gasteiger partial charge < -0.3 is 10.3 Å². The van der Waals surface area contributed by atoms with E-state index in [0.29, 0.717) is 6.04 Å². The monoisotopic (exact) mass is 171 g/mol. The van der Waals surface area contributed by atoms with Crippen LogP contribution in [0.3, 0.4) is 0 Å². The number of hydrogen-bond acceptors (Lipinski definition) is 3. The summed E-state index contributed by atoms with van der Waals surface area (Å²) < 4.78 is 0. The normalized spacial score (nSPS) is 13.3. The van der Waals surface area contributed by atoms with Crippen molar-refractivity contribution >= 4 is 12.6 Å². The summed E-state index contributed by atoms with van der Waals surface area (Å²) in [4.78, 5) is 6.99. The van der Waals surface area contributed by atoms with E-state index in [0.717, 1.165) is 17.9 Å². The molecule has 0 unspecified atom stereocenters. The summed E-state index contributed by atoms with van der Waals surface area (Å²) in [6, 6.07) is 0.429. The molecule has 1 atom stereocenters. The second kappa shape index (κ2) is 4.41. The Labute approximate surface area is 72.0 Å². The van der Waals surface area contributed by atoms with E-state index in [1.165, 1.54) is 0 Å². The summed E-state index contributed by atoms with van der Waals surface area (Å²) in [7, 11) is 1.94. The highest BCUT2D eigenvalue weighted by molar-refractivity contribution is 7.80. The maximum atomic E-state index is 4.21. The zero-order valence-corrected chi connectivity index (χ0v) is 7.44. The van der Waals surface area contributed by atoms with Crippen molar-refractivity contribution in [2.24, 2.45) is 0 Å². The van der Waals surface area contributed by atoms with Gasteiger partial charge in [-0.2, -0.15) is 12.6 Å². The summed E-state index contributed by atoms with van der Waals surface area (Å²) in [5.74, 6) is 0.843. The van der Waals surface area contributed by atoms with E-state index in [-0.39, 0.29) is 0 Å². The molecular weight excluding hydrogens is 158 g/mol. The number of nitrogens with zero attached hydrogens (tertiary/aromatic N) is 1. The van der Waals surface area contributed by atoms with E-state index in [1.807, 2.05) is 13.2 Å². The molecule has 11 heavy (non-hydrogen) atoms. The van der Waals surface area contributed by atoms with Gasteiger partial charge in [0.2, 0.25) is 0 Å². The van der Waals surface area contributed by atoms with Crippen LogP contribution in [0.15, 0.2) is 12.5 Å². The van der Waals surface area contributed by atoms with Crippen LogP contribution in [-0.4, -0.2) is 28.8 Å². The highest BCUT2D eigenvalue weighted by Gasteiger charge is 2.04. The van der Waals surface area contributed by atoms with Gasteiger partial charge in [-0.1, -0.05) is 0 Å². The van der Waals surface area contributed by atoms with Gasteiger partial charge in [-0.25, -0.2) is 4.98 Å². The molecule has 0 aromatic carbocycles. The van der Waals surface area contributed by atoms with Crippen molar-refractivity contribution in [3.05, 3.63) is 18.2 Å². The quantitative estimate of drug-likeness (QED) is 0.576. The van der Waals surface area contributed by atoms with Gasteiger partial charge in [-0.15, -0.1) is 0 Å². The largest absolute Gasteiger partial charge is 0.348 e. The maximum absolute atomic E-state index is 4.21. The minimum absolute atomic E-state index is 0.429. The molecule has 1 aromatic heterocycles. The standard InChI is InChI=1S/C7H13N3S/c1-8-7(4-11)2-6-3-9-5-10-6/h3,5,7-8,11H,2,4H2,1H3,(H,9,10)/t7-/m1/s1. The number of aromatic amines is 1. The third kappa shape index (κ3) is 2.55. The molecular formula is C7H13N3S. The van der Waals surface area contributed by atoms with Gasteiger partial charge in [-0.3, -0.25) is 0 Å². The Bertz CT molecular complexity index is 182. The minimum Gasteiger partial charge on any atom is -0.348 e. The van der Waals surface area contributed by atoms with Gasteiger partial charge in [0.1, 0.15) is 0 Å². The van der Waals surface area contributed by atoms with E-state index >= 15 is 0 Å². The SMILES string of the molecule is CN[C@@H](CS)Cc1cnc[nH]1. The summed E-state index contributed by atoms with van der Waals surface area (Å²) in [6.45, 7) is 0. The number of thiol groups is 1. The first-order valence-corrected chi connectivity index (χ1v) is 4.25. The second-order valence-electron chi connectivity index (χ2n) is 2.45. The van der Waals surface area contributed by atoms with E-state index in [1.54, 1.807) is 6.33 Å². The second-order valence-corrected chi connectivity index (χ2v) is 2.81. The lowest BCUT2D eigenvalue weighted by Crippen LogP contribution is -2.29. The van der Waals surface area contributed by atoms with Crippen molar-refractivity contribution in [1.29, 1.82) is 0 Å².